The molecule has 0 bridgehead atoms. The van der Waals surface area contributed by atoms with Crippen molar-refractivity contribution in [3.63, 3.8) is 0 Å². The normalized spacial score (nSPS) is 11.6. The lowest BCUT2D eigenvalue weighted by atomic mass is 10.1. The van der Waals surface area contributed by atoms with Crippen molar-refractivity contribution >= 4 is 29.4 Å². The minimum Gasteiger partial charge on any atom is -0.409 e. The van der Waals surface area contributed by atoms with E-state index < -0.39 is 0 Å². The molecule has 0 saturated heterocycles. The summed E-state index contributed by atoms with van der Waals surface area (Å²) in [5.41, 5.74) is 9.22. The zero-order valence-electron chi connectivity index (χ0n) is 12.0. The number of hydrogen-bond acceptors (Lipinski definition) is 4. The van der Waals surface area contributed by atoms with Crippen LogP contribution in [0.2, 0.25) is 0 Å². The van der Waals surface area contributed by atoms with Crippen molar-refractivity contribution in [3.8, 4) is 0 Å². The van der Waals surface area contributed by atoms with Gasteiger partial charge in [0.25, 0.3) is 0 Å². The first-order chi connectivity index (χ1) is 10.2. The molecule has 0 unspecified atom stereocenters. The molecule has 5 heteroatoms. The first kappa shape index (κ1) is 15.8. The van der Waals surface area contributed by atoms with Crippen LogP contribution in [0.3, 0.4) is 0 Å². The van der Waals surface area contributed by atoms with E-state index >= 15 is 0 Å². The van der Waals surface area contributed by atoms with Crippen LogP contribution in [0, 0.1) is 6.92 Å². The fourth-order valence-corrected chi connectivity index (χ4v) is 3.90. The van der Waals surface area contributed by atoms with E-state index in [0.717, 1.165) is 21.1 Å². The zero-order chi connectivity index (χ0) is 15.2. The molecule has 0 amide bonds. The summed E-state index contributed by atoms with van der Waals surface area (Å²) < 4.78 is 0. The van der Waals surface area contributed by atoms with Crippen LogP contribution in [-0.2, 0) is 5.75 Å². The fourth-order valence-electron chi connectivity index (χ4n) is 2.03. The lowest BCUT2D eigenvalue weighted by Crippen LogP contribution is -2.15. The van der Waals surface area contributed by atoms with E-state index in [0.29, 0.717) is 0 Å². The second-order valence-electron chi connectivity index (χ2n) is 4.53. The van der Waals surface area contributed by atoms with E-state index in [1.165, 1.54) is 11.1 Å². The second-order valence-corrected chi connectivity index (χ2v) is 6.40. The Morgan fingerprint density at radius 2 is 1.86 bits per heavy atom. The number of benzene rings is 2. The smallest absolute Gasteiger partial charge is 0.172 e. The molecule has 3 N–H and O–H groups in total. The van der Waals surface area contributed by atoms with Crippen LogP contribution in [0.4, 0.5) is 0 Å². The number of hydrogen-bond donors (Lipinski definition) is 2. The van der Waals surface area contributed by atoms with E-state index in [1.54, 1.807) is 23.5 Å². The highest BCUT2D eigenvalue weighted by atomic mass is 32.2. The van der Waals surface area contributed by atoms with E-state index in [-0.39, 0.29) is 5.84 Å². The average molecular weight is 318 g/mol. The molecule has 0 aliphatic heterocycles. The lowest BCUT2D eigenvalue weighted by molar-refractivity contribution is 0.318. The van der Waals surface area contributed by atoms with Crippen LogP contribution >= 0.6 is 23.5 Å². The van der Waals surface area contributed by atoms with Gasteiger partial charge in [-0.05, 0) is 36.4 Å². The van der Waals surface area contributed by atoms with Gasteiger partial charge in [0.2, 0.25) is 0 Å². The summed E-state index contributed by atoms with van der Waals surface area (Å²) in [7, 11) is 0. The Bertz CT molecular complexity index is 656. The summed E-state index contributed by atoms with van der Waals surface area (Å²) in [5.74, 6) is 1.02. The lowest BCUT2D eigenvalue weighted by Gasteiger charge is -2.12. The third-order valence-electron chi connectivity index (χ3n) is 3.22. The standard InChI is InChI=1S/C16H18N2OS2/c1-11-6-3-4-7-12(11)10-21-14-9-5-8-13(20-2)15(14)16(17)18-19/h3-9,19H,10H2,1-2H3,(H2,17,18). The van der Waals surface area contributed by atoms with Crippen LogP contribution in [0.25, 0.3) is 0 Å². The highest BCUT2D eigenvalue weighted by molar-refractivity contribution is 7.99. The number of aryl methyl sites for hydroxylation is 1. The monoisotopic (exact) mass is 318 g/mol. The molecule has 2 rings (SSSR count). The first-order valence-electron chi connectivity index (χ1n) is 6.49. The zero-order valence-corrected chi connectivity index (χ0v) is 13.7. The number of rotatable bonds is 5. The van der Waals surface area contributed by atoms with Gasteiger partial charge in [0.05, 0.1) is 0 Å². The molecule has 0 radical (unpaired) electrons. The summed E-state index contributed by atoms with van der Waals surface area (Å²) in [4.78, 5) is 2.04. The molecule has 2 aromatic carbocycles. The summed E-state index contributed by atoms with van der Waals surface area (Å²) in [6.07, 6.45) is 1.99. The van der Waals surface area contributed by atoms with Crippen molar-refractivity contribution < 1.29 is 5.21 Å². The number of amidine groups is 1. The van der Waals surface area contributed by atoms with Crippen LogP contribution in [0.15, 0.2) is 57.4 Å². The molecule has 0 saturated carbocycles. The molecular weight excluding hydrogens is 300 g/mol. The molecule has 0 atom stereocenters. The Kier molecular flexibility index (Phi) is 5.59. The largest absolute Gasteiger partial charge is 0.409 e. The third kappa shape index (κ3) is 3.74. The van der Waals surface area contributed by atoms with Gasteiger partial charge in [0.1, 0.15) is 0 Å². The van der Waals surface area contributed by atoms with Crippen LogP contribution < -0.4 is 5.73 Å². The van der Waals surface area contributed by atoms with Gasteiger partial charge in [0.15, 0.2) is 5.84 Å². The van der Waals surface area contributed by atoms with Crippen molar-refractivity contribution in [1.29, 1.82) is 0 Å². The highest BCUT2D eigenvalue weighted by Crippen LogP contribution is 2.32. The third-order valence-corrected chi connectivity index (χ3v) is 5.10. The SMILES string of the molecule is CSc1cccc(SCc2ccccc2C)c1/C(N)=N/O. The molecule has 0 aliphatic rings. The highest BCUT2D eigenvalue weighted by Gasteiger charge is 2.13. The van der Waals surface area contributed by atoms with Crippen LogP contribution in [0.1, 0.15) is 16.7 Å². The molecule has 3 nitrogen and oxygen atoms in total. The van der Waals surface area contributed by atoms with Gasteiger partial charge in [-0.2, -0.15) is 0 Å². The maximum atomic E-state index is 9.01. The van der Waals surface area contributed by atoms with E-state index in [1.807, 2.05) is 36.6 Å². The molecule has 0 aliphatic carbocycles. The fraction of sp³-hybridized carbons (Fsp3) is 0.188. The van der Waals surface area contributed by atoms with Crippen molar-refractivity contribution in [2.24, 2.45) is 10.9 Å². The Morgan fingerprint density at radius 3 is 2.52 bits per heavy atom. The van der Waals surface area contributed by atoms with E-state index in [2.05, 4.69) is 24.2 Å². The Labute approximate surface area is 133 Å². The summed E-state index contributed by atoms with van der Waals surface area (Å²) in [6, 6.07) is 14.3. The van der Waals surface area contributed by atoms with Gasteiger partial charge in [-0.1, -0.05) is 35.5 Å². The number of oxime groups is 1. The van der Waals surface area contributed by atoms with Crippen molar-refractivity contribution in [3.05, 3.63) is 59.2 Å². The second kappa shape index (κ2) is 7.43. The van der Waals surface area contributed by atoms with Crippen molar-refractivity contribution in [2.75, 3.05) is 6.26 Å². The Balaban J connectivity index is 2.30. The van der Waals surface area contributed by atoms with Crippen molar-refractivity contribution in [1.82, 2.24) is 0 Å². The molecule has 110 valence electrons. The molecule has 0 spiro atoms. The molecule has 0 aromatic heterocycles. The first-order valence-corrected chi connectivity index (χ1v) is 8.70. The van der Waals surface area contributed by atoms with Crippen LogP contribution in [-0.4, -0.2) is 17.3 Å². The maximum Gasteiger partial charge on any atom is 0.172 e. The molecular formula is C16H18N2OS2. The Morgan fingerprint density at radius 1 is 1.14 bits per heavy atom. The molecule has 0 fully saturated rings. The summed E-state index contributed by atoms with van der Waals surface area (Å²) in [5, 5.41) is 12.2. The summed E-state index contributed by atoms with van der Waals surface area (Å²) in [6.45, 7) is 2.11. The Hall–Kier alpha value is -1.59. The minimum absolute atomic E-state index is 0.159. The maximum absolute atomic E-state index is 9.01. The van der Waals surface area contributed by atoms with Gasteiger partial charge in [-0.15, -0.1) is 23.5 Å². The van der Waals surface area contributed by atoms with Gasteiger partial charge in [0, 0.05) is 21.1 Å². The van der Waals surface area contributed by atoms with Gasteiger partial charge in [-0.3, -0.25) is 0 Å². The van der Waals surface area contributed by atoms with Gasteiger partial charge in [-0.25, -0.2) is 0 Å². The predicted molar refractivity (Wildman–Crippen MR) is 91.5 cm³/mol. The molecule has 0 heterocycles. The summed E-state index contributed by atoms with van der Waals surface area (Å²) >= 11 is 3.30. The molecule has 21 heavy (non-hydrogen) atoms. The van der Waals surface area contributed by atoms with Gasteiger partial charge < -0.3 is 10.9 Å². The number of thioether (sulfide) groups is 2. The number of nitrogens with two attached hydrogens (primary N) is 1. The average Bonchev–Trinajstić information content (AvgIpc) is 2.53. The van der Waals surface area contributed by atoms with Crippen LogP contribution in [0.5, 0.6) is 0 Å². The van der Waals surface area contributed by atoms with E-state index in [9.17, 15) is 0 Å². The topological polar surface area (TPSA) is 58.6 Å². The number of nitrogens with zero attached hydrogens (tertiary/aromatic N) is 1. The quantitative estimate of drug-likeness (QED) is 0.286. The van der Waals surface area contributed by atoms with Crippen molar-refractivity contribution in [2.45, 2.75) is 22.5 Å². The van der Waals surface area contributed by atoms with Gasteiger partial charge >= 0.3 is 0 Å². The minimum atomic E-state index is 0.159. The predicted octanol–water partition coefficient (Wildman–Crippen LogP) is 4.10. The molecule has 2 aromatic rings. The van der Waals surface area contributed by atoms with E-state index in [4.69, 9.17) is 10.9 Å².